The van der Waals surface area contributed by atoms with Gasteiger partial charge in [-0.2, -0.15) is 0 Å². The number of ether oxygens (including phenoxy) is 1. The Bertz CT molecular complexity index is 511. The molecule has 0 aliphatic heterocycles. The van der Waals surface area contributed by atoms with E-state index < -0.39 is 35.1 Å². The molecule has 6 nitrogen and oxygen atoms in total. The van der Waals surface area contributed by atoms with Crippen LogP contribution < -0.4 is 0 Å². The molecular weight excluding hydrogens is 377 g/mol. The molecule has 1 aromatic rings. The first-order chi connectivity index (χ1) is 8.86. The number of pyridine rings is 1. The van der Waals surface area contributed by atoms with Crippen LogP contribution in [0.1, 0.15) is 24.6 Å². The summed E-state index contributed by atoms with van der Waals surface area (Å²) < 4.78 is 29.7. The normalized spacial score (nSPS) is 10.6. The van der Waals surface area contributed by atoms with E-state index >= 15 is 0 Å². The molecule has 0 spiro atoms. The monoisotopic (exact) mass is 386 g/mol. The molecule has 0 atom stereocenters. The summed E-state index contributed by atoms with van der Waals surface area (Å²) >= 11 is 1.49. The summed E-state index contributed by atoms with van der Waals surface area (Å²) in [6.07, 6.45) is -3.31. The molecule has 19 heavy (non-hydrogen) atoms. The Morgan fingerprint density at radius 3 is 2.74 bits per heavy atom. The molecule has 1 aromatic heterocycles. The van der Waals surface area contributed by atoms with Crippen LogP contribution in [-0.2, 0) is 16.0 Å². The standard InChI is InChI=1S/C10H9F2IN2O4/c1-2-19-7(16)4-5-3-6(9(11)12)14-10(13)8(5)15(17)18/h3,9H,2,4H2,1H3. The molecule has 0 aliphatic carbocycles. The van der Waals surface area contributed by atoms with Crippen molar-refractivity contribution in [2.45, 2.75) is 19.8 Å². The second kappa shape index (κ2) is 6.68. The summed E-state index contributed by atoms with van der Waals surface area (Å²) in [5.41, 5.74) is -1.18. The first-order valence-electron chi connectivity index (χ1n) is 5.14. The quantitative estimate of drug-likeness (QED) is 0.256. The zero-order valence-electron chi connectivity index (χ0n) is 9.73. The van der Waals surface area contributed by atoms with Crippen molar-refractivity contribution in [2.75, 3.05) is 6.61 Å². The minimum atomic E-state index is -2.87. The third-order valence-corrected chi connectivity index (χ3v) is 2.85. The predicted octanol–water partition coefficient (Wildman–Crippen LogP) is 2.64. The van der Waals surface area contributed by atoms with E-state index in [-0.39, 0.29) is 15.9 Å². The van der Waals surface area contributed by atoms with E-state index in [1.807, 2.05) is 0 Å². The number of carbonyl (C=O) groups excluding carboxylic acids is 1. The summed E-state index contributed by atoms with van der Waals surface area (Å²) in [6, 6.07) is 0.863. The van der Waals surface area contributed by atoms with Crippen LogP contribution in [0.3, 0.4) is 0 Å². The lowest BCUT2D eigenvalue weighted by atomic mass is 10.1. The van der Waals surface area contributed by atoms with Crippen LogP contribution in [0, 0.1) is 13.8 Å². The van der Waals surface area contributed by atoms with E-state index in [0.29, 0.717) is 0 Å². The zero-order chi connectivity index (χ0) is 14.6. The molecule has 0 saturated heterocycles. The fourth-order valence-corrected chi connectivity index (χ4v) is 2.21. The molecule has 1 heterocycles. The third-order valence-electron chi connectivity index (χ3n) is 2.10. The summed E-state index contributed by atoms with van der Waals surface area (Å²) in [7, 11) is 0. The molecule has 104 valence electrons. The molecule has 0 aromatic carbocycles. The highest BCUT2D eigenvalue weighted by Crippen LogP contribution is 2.29. The largest absolute Gasteiger partial charge is 0.466 e. The highest BCUT2D eigenvalue weighted by molar-refractivity contribution is 14.1. The molecule has 0 fully saturated rings. The van der Waals surface area contributed by atoms with Gasteiger partial charge in [-0.3, -0.25) is 14.9 Å². The molecule has 1 rings (SSSR count). The van der Waals surface area contributed by atoms with Gasteiger partial charge in [0.2, 0.25) is 0 Å². The van der Waals surface area contributed by atoms with Crippen LogP contribution in [0.5, 0.6) is 0 Å². The van der Waals surface area contributed by atoms with Crippen molar-refractivity contribution in [2.24, 2.45) is 0 Å². The number of alkyl halides is 2. The number of carbonyl (C=O) groups is 1. The maximum Gasteiger partial charge on any atom is 0.310 e. The van der Waals surface area contributed by atoms with E-state index in [0.717, 1.165) is 6.07 Å². The first kappa shape index (κ1) is 15.7. The summed E-state index contributed by atoms with van der Waals surface area (Å²) in [5.74, 6) is -0.715. The van der Waals surface area contributed by atoms with Crippen LogP contribution in [0.4, 0.5) is 14.5 Å². The average molecular weight is 386 g/mol. The van der Waals surface area contributed by atoms with Gasteiger partial charge in [-0.05, 0) is 35.6 Å². The number of nitrogens with zero attached hydrogens (tertiary/aromatic N) is 2. The lowest BCUT2D eigenvalue weighted by molar-refractivity contribution is -0.386. The number of esters is 1. The van der Waals surface area contributed by atoms with Crippen molar-refractivity contribution in [3.63, 3.8) is 0 Å². The summed E-state index contributed by atoms with van der Waals surface area (Å²) in [5, 5.41) is 10.9. The first-order valence-corrected chi connectivity index (χ1v) is 6.22. The predicted molar refractivity (Wildman–Crippen MR) is 68.9 cm³/mol. The maximum atomic E-state index is 12.6. The Morgan fingerprint density at radius 1 is 1.63 bits per heavy atom. The van der Waals surface area contributed by atoms with Gasteiger partial charge in [0.25, 0.3) is 6.43 Å². The number of hydrogen-bond acceptors (Lipinski definition) is 5. The van der Waals surface area contributed by atoms with E-state index in [2.05, 4.69) is 9.72 Å². The summed E-state index contributed by atoms with van der Waals surface area (Å²) in [4.78, 5) is 24.9. The Hall–Kier alpha value is -1.39. The minimum absolute atomic E-state index is 0.108. The smallest absolute Gasteiger partial charge is 0.310 e. The van der Waals surface area contributed by atoms with Gasteiger partial charge in [0, 0.05) is 5.56 Å². The van der Waals surface area contributed by atoms with Crippen LogP contribution in [0.25, 0.3) is 0 Å². The highest BCUT2D eigenvalue weighted by atomic mass is 127. The molecule has 0 N–H and O–H groups in total. The van der Waals surface area contributed by atoms with Crippen molar-refractivity contribution in [3.05, 3.63) is 31.1 Å². The molecule has 0 aliphatic rings. The van der Waals surface area contributed by atoms with Gasteiger partial charge in [0.05, 0.1) is 18.0 Å². The van der Waals surface area contributed by atoms with Crippen molar-refractivity contribution in [3.8, 4) is 0 Å². The zero-order valence-corrected chi connectivity index (χ0v) is 11.9. The fourth-order valence-electron chi connectivity index (χ4n) is 1.38. The number of nitro groups is 1. The molecule has 0 bridgehead atoms. The van der Waals surface area contributed by atoms with Crippen LogP contribution in [-0.4, -0.2) is 22.5 Å². The van der Waals surface area contributed by atoms with Gasteiger partial charge in [0.15, 0.2) is 3.70 Å². The molecule has 0 radical (unpaired) electrons. The Balaban J connectivity index is 3.24. The van der Waals surface area contributed by atoms with Crippen molar-refractivity contribution in [1.29, 1.82) is 0 Å². The molecule has 0 amide bonds. The van der Waals surface area contributed by atoms with Crippen molar-refractivity contribution < 1.29 is 23.2 Å². The van der Waals surface area contributed by atoms with Gasteiger partial charge >= 0.3 is 11.7 Å². The number of aromatic nitrogens is 1. The van der Waals surface area contributed by atoms with Gasteiger partial charge in [0.1, 0.15) is 5.69 Å². The Morgan fingerprint density at radius 2 is 2.26 bits per heavy atom. The average Bonchev–Trinajstić information content (AvgIpc) is 2.27. The van der Waals surface area contributed by atoms with Gasteiger partial charge in [-0.15, -0.1) is 0 Å². The number of halogens is 3. The topological polar surface area (TPSA) is 82.3 Å². The molecule has 9 heteroatoms. The van der Waals surface area contributed by atoms with Crippen molar-refractivity contribution in [1.82, 2.24) is 4.98 Å². The lowest BCUT2D eigenvalue weighted by Gasteiger charge is -2.07. The minimum Gasteiger partial charge on any atom is -0.466 e. The Kier molecular flexibility index (Phi) is 5.51. The highest BCUT2D eigenvalue weighted by Gasteiger charge is 2.25. The van der Waals surface area contributed by atoms with Crippen LogP contribution in [0.2, 0.25) is 0 Å². The second-order valence-electron chi connectivity index (χ2n) is 3.39. The van der Waals surface area contributed by atoms with E-state index in [4.69, 9.17) is 0 Å². The van der Waals surface area contributed by atoms with Crippen LogP contribution >= 0.6 is 22.6 Å². The molecular formula is C10H9F2IN2O4. The van der Waals surface area contributed by atoms with Gasteiger partial charge in [-0.1, -0.05) is 0 Å². The number of rotatable bonds is 5. The molecule has 0 unspecified atom stereocenters. The van der Waals surface area contributed by atoms with E-state index in [1.54, 1.807) is 6.92 Å². The summed E-state index contributed by atoms with van der Waals surface area (Å²) in [6.45, 7) is 1.68. The van der Waals surface area contributed by atoms with E-state index in [9.17, 15) is 23.7 Å². The van der Waals surface area contributed by atoms with Crippen molar-refractivity contribution >= 4 is 34.2 Å². The van der Waals surface area contributed by atoms with Gasteiger partial charge < -0.3 is 4.74 Å². The van der Waals surface area contributed by atoms with Gasteiger partial charge in [-0.25, -0.2) is 13.8 Å². The fraction of sp³-hybridized carbons (Fsp3) is 0.400. The van der Waals surface area contributed by atoms with E-state index in [1.165, 1.54) is 22.6 Å². The SMILES string of the molecule is CCOC(=O)Cc1cc(C(F)F)nc(I)c1[N+](=O)[O-]. The maximum absolute atomic E-state index is 12.6. The Labute approximate surface area is 120 Å². The third kappa shape index (κ3) is 4.04. The number of hydrogen-bond donors (Lipinski definition) is 0. The van der Waals surface area contributed by atoms with Crippen LogP contribution in [0.15, 0.2) is 6.07 Å². The molecule has 0 saturated carbocycles. The second-order valence-corrected chi connectivity index (χ2v) is 4.41. The lowest BCUT2D eigenvalue weighted by Crippen LogP contribution is -2.11.